The molecule has 0 spiro atoms. The molecule has 4 aromatic carbocycles. The van der Waals surface area contributed by atoms with Crippen molar-refractivity contribution in [3.63, 3.8) is 0 Å². The summed E-state index contributed by atoms with van der Waals surface area (Å²) in [5.74, 6) is -0.404. The van der Waals surface area contributed by atoms with Crippen molar-refractivity contribution in [1.29, 1.82) is 0 Å². The summed E-state index contributed by atoms with van der Waals surface area (Å²) in [7, 11) is -3.90. The molecule has 4 aromatic rings. The van der Waals surface area contributed by atoms with Crippen molar-refractivity contribution >= 4 is 48.3 Å². The number of hydrogen-bond donors (Lipinski definition) is 1. The molecule has 0 saturated carbocycles. The van der Waals surface area contributed by atoms with E-state index in [1.54, 1.807) is 24.3 Å². The molecule has 0 atom stereocenters. The van der Waals surface area contributed by atoms with Gasteiger partial charge in [-0.05, 0) is 48.2 Å². The Kier molecular flexibility index (Phi) is 6.93. The second kappa shape index (κ2) is 9.87. The highest BCUT2D eigenvalue weighted by Gasteiger charge is 2.27. The van der Waals surface area contributed by atoms with Crippen LogP contribution >= 0.6 is 15.9 Å². The molecule has 7 heteroatoms. The number of nitrogens with zero attached hydrogens (tertiary/aromatic N) is 1. The lowest BCUT2D eigenvalue weighted by molar-refractivity contribution is -0.116. The van der Waals surface area contributed by atoms with E-state index in [1.807, 2.05) is 73.7 Å². The first-order chi connectivity index (χ1) is 15.8. The van der Waals surface area contributed by atoms with Gasteiger partial charge in [0, 0.05) is 22.1 Å². The summed E-state index contributed by atoms with van der Waals surface area (Å²) in [6.07, 6.45) is 0. The molecule has 0 aliphatic heterocycles. The molecule has 0 aliphatic rings. The number of rotatable bonds is 7. The second-order valence-corrected chi connectivity index (χ2v) is 10.6. The molecule has 0 aromatic heterocycles. The molecule has 168 valence electrons. The fraction of sp³-hybridized carbons (Fsp3) is 0.115. The maximum Gasteiger partial charge on any atom is 0.243 e. The number of hydrogen-bond acceptors (Lipinski definition) is 3. The summed E-state index contributed by atoms with van der Waals surface area (Å²) < 4.78 is 29.0. The van der Waals surface area contributed by atoms with E-state index in [0.717, 1.165) is 26.4 Å². The van der Waals surface area contributed by atoms with Gasteiger partial charge in [-0.15, -0.1) is 0 Å². The van der Waals surface area contributed by atoms with Crippen LogP contribution in [0.5, 0.6) is 0 Å². The number of carbonyl (C=O) groups excluding carboxylic acids is 1. The van der Waals surface area contributed by atoms with Crippen LogP contribution in [0.4, 0.5) is 5.69 Å². The topological polar surface area (TPSA) is 66.5 Å². The minimum absolute atomic E-state index is 0.0758. The van der Waals surface area contributed by atoms with Gasteiger partial charge < -0.3 is 5.32 Å². The highest BCUT2D eigenvalue weighted by atomic mass is 79.9. The van der Waals surface area contributed by atoms with Crippen molar-refractivity contribution in [3.05, 3.63) is 107 Å². The van der Waals surface area contributed by atoms with E-state index in [9.17, 15) is 13.2 Å². The van der Waals surface area contributed by atoms with Gasteiger partial charge in [-0.3, -0.25) is 4.79 Å². The summed E-state index contributed by atoms with van der Waals surface area (Å²) in [4.78, 5) is 13.2. The van der Waals surface area contributed by atoms with Gasteiger partial charge in [-0.25, -0.2) is 8.42 Å². The fourth-order valence-electron chi connectivity index (χ4n) is 3.56. The molecular weight excluding hydrogens is 500 g/mol. The quantitative estimate of drug-likeness (QED) is 0.336. The number of benzene rings is 4. The zero-order chi connectivity index (χ0) is 23.4. The number of fused-ring (bicyclic) bond motifs is 1. The van der Waals surface area contributed by atoms with Crippen LogP contribution in [0, 0.1) is 6.92 Å². The number of amides is 1. The molecule has 1 amide bonds. The Morgan fingerprint density at radius 3 is 2.27 bits per heavy atom. The van der Waals surface area contributed by atoms with Gasteiger partial charge in [0.25, 0.3) is 0 Å². The van der Waals surface area contributed by atoms with Gasteiger partial charge in [0.1, 0.15) is 0 Å². The third-order valence-electron chi connectivity index (χ3n) is 5.31. The predicted molar refractivity (Wildman–Crippen MR) is 135 cm³/mol. The van der Waals surface area contributed by atoms with Gasteiger partial charge in [-0.2, -0.15) is 4.31 Å². The van der Waals surface area contributed by atoms with Crippen LogP contribution in [0.25, 0.3) is 10.8 Å². The number of nitrogens with one attached hydrogen (secondary N) is 1. The number of halogens is 1. The van der Waals surface area contributed by atoms with E-state index in [-0.39, 0.29) is 18.0 Å². The lowest BCUT2D eigenvalue weighted by atomic mass is 10.1. The zero-order valence-corrected chi connectivity index (χ0v) is 20.4. The molecule has 33 heavy (non-hydrogen) atoms. The molecule has 5 nitrogen and oxygen atoms in total. The number of anilines is 1. The van der Waals surface area contributed by atoms with Gasteiger partial charge in [-0.1, -0.05) is 82.2 Å². The Morgan fingerprint density at radius 2 is 1.55 bits per heavy atom. The zero-order valence-electron chi connectivity index (χ0n) is 18.0. The number of aryl methyl sites for hydroxylation is 1. The van der Waals surface area contributed by atoms with Crippen molar-refractivity contribution in [2.75, 3.05) is 11.9 Å². The molecule has 0 fully saturated rings. The highest BCUT2D eigenvalue weighted by Crippen LogP contribution is 2.24. The van der Waals surface area contributed by atoms with Crippen LogP contribution in [0.2, 0.25) is 0 Å². The molecule has 0 unspecified atom stereocenters. The van der Waals surface area contributed by atoms with Crippen molar-refractivity contribution in [1.82, 2.24) is 4.31 Å². The Morgan fingerprint density at radius 1 is 0.879 bits per heavy atom. The molecular formula is C26H23BrN2O3S. The first-order valence-electron chi connectivity index (χ1n) is 10.4. The fourth-order valence-corrected chi connectivity index (χ4v) is 5.21. The average molecular weight is 523 g/mol. The van der Waals surface area contributed by atoms with Gasteiger partial charge in [0.2, 0.25) is 15.9 Å². The molecule has 0 saturated heterocycles. The molecule has 4 rings (SSSR count). The van der Waals surface area contributed by atoms with E-state index in [4.69, 9.17) is 0 Å². The Bertz CT molecular complexity index is 1380. The van der Waals surface area contributed by atoms with E-state index in [1.165, 1.54) is 4.31 Å². The van der Waals surface area contributed by atoms with Crippen LogP contribution in [0.15, 0.2) is 100 Å². The number of carbonyl (C=O) groups is 1. The minimum atomic E-state index is -3.90. The molecule has 0 radical (unpaired) electrons. The third kappa shape index (κ3) is 5.50. The van der Waals surface area contributed by atoms with Gasteiger partial charge >= 0.3 is 0 Å². The maximum absolute atomic E-state index is 13.5. The predicted octanol–water partition coefficient (Wildman–Crippen LogP) is 5.74. The molecule has 0 aliphatic carbocycles. The Hall–Kier alpha value is -3.00. The van der Waals surface area contributed by atoms with Gasteiger partial charge in [0.05, 0.1) is 11.4 Å². The third-order valence-corrected chi connectivity index (χ3v) is 7.65. The van der Waals surface area contributed by atoms with Crippen molar-refractivity contribution in [2.45, 2.75) is 18.4 Å². The Labute approximate surface area is 202 Å². The first-order valence-corrected chi connectivity index (χ1v) is 12.6. The summed E-state index contributed by atoms with van der Waals surface area (Å²) in [6, 6.07) is 27.4. The van der Waals surface area contributed by atoms with E-state index >= 15 is 0 Å². The molecule has 1 N–H and O–H groups in total. The highest BCUT2D eigenvalue weighted by molar-refractivity contribution is 9.10. The summed E-state index contributed by atoms with van der Waals surface area (Å²) >= 11 is 3.40. The molecule has 0 heterocycles. The lowest BCUT2D eigenvalue weighted by Gasteiger charge is -2.22. The van der Waals surface area contributed by atoms with Gasteiger partial charge in [0.15, 0.2) is 0 Å². The largest absolute Gasteiger partial charge is 0.324 e. The van der Waals surface area contributed by atoms with Crippen molar-refractivity contribution < 1.29 is 13.2 Å². The number of sulfonamides is 1. The van der Waals surface area contributed by atoms with E-state index in [0.29, 0.717) is 5.69 Å². The van der Waals surface area contributed by atoms with Crippen LogP contribution in [0.3, 0.4) is 0 Å². The van der Waals surface area contributed by atoms with Crippen LogP contribution in [-0.2, 0) is 21.4 Å². The van der Waals surface area contributed by atoms with Crippen LogP contribution < -0.4 is 5.32 Å². The minimum Gasteiger partial charge on any atom is -0.324 e. The van der Waals surface area contributed by atoms with Crippen LogP contribution in [0.1, 0.15) is 11.1 Å². The summed E-state index contributed by atoms with van der Waals surface area (Å²) in [6.45, 7) is 1.66. The van der Waals surface area contributed by atoms with Crippen molar-refractivity contribution in [3.8, 4) is 0 Å². The summed E-state index contributed by atoms with van der Waals surface area (Å²) in [5, 5.41) is 4.78. The van der Waals surface area contributed by atoms with E-state index in [2.05, 4.69) is 21.2 Å². The van der Waals surface area contributed by atoms with Crippen molar-refractivity contribution in [2.24, 2.45) is 0 Å². The SMILES string of the molecule is Cc1ccc(S(=O)(=O)N(CC(=O)Nc2cccc3ccccc23)Cc2ccc(Br)cc2)cc1. The standard InChI is InChI=1S/C26H23BrN2O3S/c1-19-9-15-23(16-10-19)33(31,32)29(17-20-11-13-22(27)14-12-20)18-26(30)28-25-8-4-6-21-5-2-3-7-24(21)25/h2-16H,17-18H2,1H3,(H,28,30). The second-order valence-electron chi connectivity index (χ2n) is 7.79. The normalized spacial score (nSPS) is 11.6. The van der Waals surface area contributed by atoms with E-state index < -0.39 is 15.9 Å². The maximum atomic E-state index is 13.5. The van der Waals surface area contributed by atoms with Crippen LogP contribution in [-0.4, -0.2) is 25.2 Å². The molecule has 0 bridgehead atoms. The average Bonchev–Trinajstić information content (AvgIpc) is 2.80. The smallest absolute Gasteiger partial charge is 0.243 e. The first kappa shape index (κ1) is 23.2. The summed E-state index contributed by atoms with van der Waals surface area (Å²) in [5.41, 5.74) is 2.39. The lowest BCUT2D eigenvalue weighted by Crippen LogP contribution is -2.37. The Balaban J connectivity index is 1.63. The monoisotopic (exact) mass is 522 g/mol.